The molecule has 0 N–H and O–H groups in total. The molecule has 27 heavy (non-hydrogen) atoms. The minimum absolute atomic E-state index is 0.849. The largest absolute Gasteiger partial charge is 0.352 e. The molecule has 0 atom stereocenters. The molecule has 0 radical (unpaired) electrons. The molecule has 3 aromatic rings. The first-order valence-electron chi connectivity index (χ1n) is 9.82. The molecular formula is C23H26N4. The van der Waals surface area contributed by atoms with E-state index >= 15 is 0 Å². The van der Waals surface area contributed by atoms with Crippen LogP contribution < -0.4 is 9.80 Å². The van der Waals surface area contributed by atoms with E-state index in [1.165, 1.54) is 18.4 Å². The van der Waals surface area contributed by atoms with Crippen LogP contribution in [0.2, 0.25) is 0 Å². The molecule has 4 rings (SSSR count). The predicted molar refractivity (Wildman–Crippen MR) is 112 cm³/mol. The first-order chi connectivity index (χ1) is 13.3. The van der Waals surface area contributed by atoms with Crippen molar-refractivity contribution in [2.75, 3.05) is 29.4 Å². The third-order valence-corrected chi connectivity index (χ3v) is 5.08. The van der Waals surface area contributed by atoms with Crippen LogP contribution in [0.1, 0.15) is 25.3 Å². The molecule has 0 spiro atoms. The normalized spacial score (nSPS) is 13.7. The van der Waals surface area contributed by atoms with Crippen molar-refractivity contribution in [3.05, 3.63) is 72.3 Å². The van der Waals surface area contributed by atoms with Crippen LogP contribution in [0.4, 0.5) is 11.8 Å². The lowest BCUT2D eigenvalue weighted by molar-refractivity contribution is 0.801. The number of benzene rings is 2. The van der Waals surface area contributed by atoms with E-state index in [-0.39, 0.29) is 0 Å². The second-order valence-electron chi connectivity index (χ2n) is 6.97. The van der Waals surface area contributed by atoms with Crippen LogP contribution in [0.15, 0.2) is 66.7 Å². The molecule has 4 heteroatoms. The number of rotatable bonds is 6. The van der Waals surface area contributed by atoms with Gasteiger partial charge >= 0.3 is 0 Å². The first-order valence-corrected chi connectivity index (χ1v) is 9.82. The van der Waals surface area contributed by atoms with Gasteiger partial charge in [0.15, 0.2) is 0 Å². The third kappa shape index (κ3) is 4.11. The van der Waals surface area contributed by atoms with E-state index in [0.29, 0.717) is 0 Å². The van der Waals surface area contributed by atoms with Crippen LogP contribution in [0.25, 0.3) is 11.3 Å². The Morgan fingerprint density at radius 2 is 1.56 bits per heavy atom. The van der Waals surface area contributed by atoms with Crippen LogP contribution in [-0.2, 0) is 6.54 Å². The summed E-state index contributed by atoms with van der Waals surface area (Å²) in [5.74, 6) is 1.85. The van der Waals surface area contributed by atoms with Crippen molar-refractivity contribution in [1.29, 1.82) is 0 Å². The van der Waals surface area contributed by atoms with Crippen LogP contribution in [-0.4, -0.2) is 29.6 Å². The average molecular weight is 358 g/mol. The van der Waals surface area contributed by atoms with Gasteiger partial charge in [0.05, 0.1) is 5.69 Å². The molecule has 1 aromatic heterocycles. The number of hydrogen-bond acceptors (Lipinski definition) is 4. The van der Waals surface area contributed by atoms with Gasteiger partial charge < -0.3 is 9.80 Å². The molecule has 0 aliphatic carbocycles. The van der Waals surface area contributed by atoms with Crippen molar-refractivity contribution in [2.24, 2.45) is 0 Å². The Balaban J connectivity index is 1.72. The van der Waals surface area contributed by atoms with Gasteiger partial charge in [-0.05, 0) is 25.3 Å². The summed E-state index contributed by atoms with van der Waals surface area (Å²) in [6.07, 6.45) is 2.44. The highest BCUT2D eigenvalue weighted by atomic mass is 15.3. The summed E-state index contributed by atoms with van der Waals surface area (Å²) in [7, 11) is 0. The van der Waals surface area contributed by atoms with Crippen molar-refractivity contribution in [3.63, 3.8) is 0 Å². The zero-order valence-corrected chi connectivity index (χ0v) is 15.9. The molecule has 4 nitrogen and oxygen atoms in total. The van der Waals surface area contributed by atoms with E-state index in [9.17, 15) is 0 Å². The Morgan fingerprint density at radius 3 is 2.22 bits per heavy atom. The molecule has 0 unspecified atom stereocenters. The van der Waals surface area contributed by atoms with E-state index in [1.807, 2.05) is 6.07 Å². The Bertz CT molecular complexity index is 858. The molecule has 0 amide bonds. The number of anilines is 2. The second-order valence-corrected chi connectivity index (χ2v) is 6.97. The Hall–Kier alpha value is -2.88. The van der Waals surface area contributed by atoms with Crippen molar-refractivity contribution < 1.29 is 0 Å². The zero-order valence-electron chi connectivity index (χ0n) is 15.9. The number of aromatic nitrogens is 2. The van der Waals surface area contributed by atoms with Crippen molar-refractivity contribution in [3.8, 4) is 11.3 Å². The fraction of sp³-hybridized carbons (Fsp3) is 0.304. The van der Waals surface area contributed by atoms with E-state index in [1.54, 1.807) is 0 Å². The van der Waals surface area contributed by atoms with E-state index in [0.717, 1.165) is 49.2 Å². The lowest BCUT2D eigenvalue weighted by atomic mass is 10.1. The van der Waals surface area contributed by atoms with Gasteiger partial charge in [0.1, 0.15) is 5.82 Å². The fourth-order valence-electron chi connectivity index (χ4n) is 3.56. The average Bonchev–Trinajstić information content (AvgIpc) is 3.28. The maximum atomic E-state index is 4.95. The molecule has 2 aromatic carbocycles. The summed E-state index contributed by atoms with van der Waals surface area (Å²) in [5.41, 5.74) is 3.42. The number of nitrogens with zero attached hydrogens (tertiary/aromatic N) is 4. The van der Waals surface area contributed by atoms with Gasteiger partial charge in [-0.15, -0.1) is 0 Å². The Kier molecular flexibility index (Phi) is 5.33. The summed E-state index contributed by atoms with van der Waals surface area (Å²) in [6, 6.07) is 23.1. The van der Waals surface area contributed by atoms with Gasteiger partial charge in [0.2, 0.25) is 5.95 Å². The molecule has 1 fully saturated rings. The smallest absolute Gasteiger partial charge is 0.227 e. The monoisotopic (exact) mass is 358 g/mol. The predicted octanol–water partition coefficient (Wildman–Crippen LogP) is 4.77. The SMILES string of the molecule is CCN(Cc1ccccc1)c1cc(-c2ccccc2)nc(N2CCCC2)n1. The molecule has 138 valence electrons. The summed E-state index contributed by atoms with van der Waals surface area (Å²) < 4.78 is 0. The molecule has 1 aliphatic rings. The fourth-order valence-corrected chi connectivity index (χ4v) is 3.56. The molecular weight excluding hydrogens is 332 g/mol. The topological polar surface area (TPSA) is 32.3 Å². The highest BCUT2D eigenvalue weighted by Gasteiger charge is 2.19. The van der Waals surface area contributed by atoms with Gasteiger partial charge in [-0.3, -0.25) is 0 Å². The van der Waals surface area contributed by atoms with Crippen molar-refractivity contribution >= 4 is 11.8 Å². The zero-order chi connectivity index (χ0) is 18.5. The maximum Gasteiger partial charge on any atom is 0.227 e. The molecule has 0 saturated carbocycles. The number of hydrogen-bond donors (Lipinski definition) is 0. The first kappa shape index (κ1) is 17.5. The third-order valence-electron chi connectivity index (χ3n) is 5.08. The van der Waals surface area contributed by atoms with Crippen LogP contribution >= 0.6 is 0 Å². The standard InChI is InChI=1S/C23H26N4/c1-2-26(18-19-11-5-3-6-12-19)22-17-21(20-13-7-4-8-14-20)24-23(25-22)27-15-9-10-16-27/h3-8,11-14,17H,2,9-10,15-16,18H2,1H3. The lowest BCUT2D eigenvalue weighted by Gasteiger charge is -2.25. The highest BCUT2D eigenvalue weighted by molar-refractivity contribution is 5.65. The van der Waals surface area contributed by atoms with Crippen molar-refractivity contribution in [2.45, 2.75) is 26.3 Å². The van der Waals surface area contributed by atoms with Crippen LogP contribution in [0.5, 0.6) is 0 Å². The van der Waals surface area contributed by atoms with Crippen LogP contribution in [0.3, 0.4) is 0 Å². The molecule has 0 bridgehead atoms. The van der Waals surface area contributed by atoms with E-state index in [2.05, 4.69) is 77.4 Å². The van der Waals surface area contributed by atoms with Gasteiger partial charge in [-0.25, -0.2) is 4.98 Å². The molecule has 2 heterocycles. The summed E-state index contributed by atoms with van der Waals surface area (Å²) >= 11 is 0. The van der Waals surface area contributed by atoms with Crippen LogP contribution in [0, 0.1) is 0 Å². The molecule has 1 saturated heterocycles. The summed E-state index contributed by atoms with van der Waals surface area (Å²) in [6.45, 7) is 6.02. The molecule has 1 aliphatic heterocycles. The maximum absolute atomic E-state index is 4.95. The van der Waals surface area contributed by atoms with Gasteiger partial charge in [0, 0.05) is 37.8 Å². The van der Waals surface area contributed by atoms with Gasteiger partial charge in [-0.1, -0.05) is 60.7 Å². The lowest BCUT2D eigenvalue weighted by Crippen LogP contribution is -2.26. The highest BCUT2D eigenvalue weighted by Crippen LogP contribution is 2.27. The van der Waals surface area contributed by atoms with Gasteiger partial charge in [0.25, 0.3) is 0 Å². The minimum Gasteiger partial charge on any atom is -0.352 e. The minimum atomic E-state index is 0.849. The Morgan fingerprint density at radius 1 is 0.889 bits per heavy atom. The summed E-state index contributed by atoms with van der Waals surface area (Å²) in [4.78, 5) is 14.5. The van der Waals surface area contributed by atoms with E-state index in [4.69, 9.17) is 9.97 Å². The quantitative estimate of drug-likeness (QED) is 0.635. The van der Waals surface area contributed by atoms with E-state index < -0.39 is 0 Å². The summed E-state index contributed by atoms with van der Waals surface area (Å²) in [5, 5.41) is 0. The Labute approximate surface area is 161 Å². The van der Waals surface area contributed by atoms with Gasteiger partial charge in [-0.2, -0.15) is 4.98 Å². The second kappa shape index (κ2) is 8.21. The van der Waals surface area contributed by atoms with Crippen molar-refractivity contribution in [1.82, 2.24) is 9.97 Å².